The van der Waals surface area contributed by atoms with Gasteiger partial charge in [-0.1, -0.05) is 6.07 Å². The Morgan fingerprint density at radius 2 is 2.06 bits per heavy atom. The summed E-state index contributed by atoms with van der Waals surface area (Å²) in [5.41, 5.74) is 0.120. The van der Waals surface area contributed by atoms with Gasteiger partial charge in [0.15, 0.2) is 17.5 Å². The zero-order valence-electron chi connectivity index (χ0n) is 9.76. The number of carbonyl (C=O) groups is 1. The second kappa shape index (κ2) is 5.52. The van der Waals surface area contributed by atoms with Gasteiger partial charge in [0, 0.05) is 5.92 Å². The third-order valence-electron chi connectivity index (χ3n) is 3.44. The van der Waals surface area contributed by atoms with Gasteiger partial charge in [-0.2, -0.15) is 0 Å². The molecule has 1 aliphatic heterocycles. The van der Waals surface area contributed by atoms with Gasteiger partial charge in [-0.3, -0.25) is 0 Å². The molecule has 1 heterocycles. The fraction of sp³-hybridized carbons (Fsp3) is 0.462. The van der Waals surface area contributed by atoms with E-state index in [4.69, 9.17) is 0 Å². The minimum atomic E-state index is -1.45. The van der Waals surface area contributed by atoms with E-state index in [1.54, 1.807) is 0 Å². The number of benzene rings is 1. The monoisotopic (exact) mass is 257 g/mol. The van der Waals surface area contributed by atoms with E-state index in [2.05, 4.69) is 5.32 Å². The van der Waals surface area contributed by atoms with Crippen LogP contribution in [0.3, 0.4) is 0 Å². The van der Waals surface area contributed by atoms with Crippen LogP contribution in [-0.4, -0.2) is 19.4 Å². The second-order valence-electron chi connectivity index (χ2n) is 4.59. The Balaban J connectivity index is 2.18. The van der Waals surface area contributed by atoms with E-state index in [9.17, 15) is 18.0 Å². The quantitative estimate of drug-likeness (QED) is 0.663. The minimum absolute atomic E-state index is 0.0735. The third kappa shape index (κ3) is 2.56. The second-order valence-corrected chi connectivity index (χ2v) is 4.59. The predicted octanol–water partition coefficient (Wildman–Crippen LogP) is 2.07. The highest BCUT2D eigenvalue weighted by Gasteiger charge is 2.26. The molecule has 1 aromatic rings. The van der Waals surface area contributed by atoms with Gasteiger partial charge in [0.1, 0.15) is 6.29 Å². The number of aldehydes is 1. The van der Waals surface area contributed by atoms with Crippen molar-refractivity contribution in [3.8, 4) is 0 Å². The lowest BCUT2D eigenvalue weighted by Gasteiger charge is -2.28. The first kappa shape index (κ1) is 13.1. The predicted molar refractivity (Wildman–Crippen MR) is 60.6 cm³/mol. The van der Waals surface area contributed by atoms with Crippen molar-refractivity contribution in [2.24, 2.45) is 11.8 Å². The SMILES string of the molecule is O=CC1CCNCC1Cc1ccc(F)c(F)c1F. The molecular weight excluding hydrogens is 243 g/mol. The van der Waals surface area contributed by atoms with Gasteiger partial charge in [0.25, 0.3) is 0 Å². The molecule has 2 rings (SSSR count). The molecule has 5 heteroatoms. The molecular formula is C13H14F3NO. The molecule has 1 saturated heterocycles. The Labute approximate surface area is 103 Å². The summed E-state index contributed by atoms with van der Waals surface area (Å²) in [7, 11) is 0. The number of hydrogen-bond acceptors (Lipinski definition) is 2. The van der Waals surface area contributed by atoms with E-state index in [-0.39, 0.29) is 23.8 Å². The van der Waals surface area contributed by atoms with Gasteiger partial charge in [-0.05, 0) is 43.5 Å². The highest BCUT2D eigenvalue weighted by molar-refractivity contribution is 5.54. The summed E-state index contributed by atoms with van der Waals surface area (Å²) in [6.07, 6.45) is 1.79. The summed E-state index contributed by atoms with van der Waals surface area (Å²) in [5, 5.41) is 3.12. The van der Waals surface area contributed by atoms with Crippen LogP contribution in [0, 0.1) is 29.3 Å². The molecule has 18 heavy (non-hydrogen) atoms. The van der Waals surface area contributed by atoms with E-state index in [0.29, 0.717) is 13.0 Å². The summed E-state index contributed by atoms with van der Waals surface area (Å²) in [4.78, 5) is 10.9. The lowest BCUT2D eigenvalue weighted by atomic mass is 9.83. The summed E-state index contributed by atoms with van der Waals surface area (Å²) in [6.45, 7) is 1.34. The first-order valence-electron chi connectivity index (χ1n) is 5.92. The van der Waals surface area contributed by atoms with Gasteiger partial charge < -0.3 is 10.1 Å². The molecule has 2 nitrogen and oxygen atoms in total. The lowest BCUT2D eigenvalue weighted by molar-refractivity contribution is -0.113. The van der Waals surface area contributed by atoms with Crippen molar-refractivity contribution in [2.45, 2.75) is 12.8 Å². The van der Waals surface area contributed by atoms with E-state index in [1.807, 2.05) is 0 Å². The molecule has 0 bridgehead atoms. The Hall–Kier alpha value is -1.36. The van der Waals surface area contributed by atoms with E-state index < -0.39 is 17.5 Å². The van der Waals surface area contributed by atoms with Crippen LogP contribution in [0.5, 0.6) is 0 Å². The molecule has 0 amide bonds. The summed E-state index contributed by atoms with van der Waals surface area (Å²) >= 11 is 0. The maximum absolute atomic E-state index is 13.5. The molecule has 0 radical (unpaired) electrons. The Morgan fingerprint density at radius 1 is 1.28 bits per heavy atom. The van der Waals surface area contributed by atoms with E-state index >= 15 is 0 Å². The third-order valence-corrected chi connectivity index (χ3v) is 3.44. The molecule has 98 valence electrons. The zero-order valence-corrected chi connectivity index (χ0v) is 9.76. The van der Waals surface area contributed by atoms with Gasteiger partial charge in [0.2, 0.25) is 0 Å². The molecule has 2 unspecified atom stereocenters. The highest BCUT2D eigenvalue weighted by atomic mass is 19.2. The fourth-order valence-electron chi connectivity index (χ4n) is 2.35. The molecule has 1 aliphatic rings. The highest BCUT2D eigenvalue weighted by Crippen LogP contribution is 2.24. The molecule has 0 saturated carbocycles. The van der Waals surface area contributed by atoms with Crippen molar-refractivity contribution < 1.29 is 18.0 Å². The van der Waals surface area contributed by atoms with Gasteiger partial charge in [-0.25, -0.2) is 13.2 Å². The normalized spacial score (nSPS) is 23.9. The first-order chi connectivity index (χ1) is 8.63. The Morgan fingerprint density at radius 3 is 2.78 bits per heavy atom. The van der Waals surface area contributed by atoms with Crippen LogP contribution in [0.2, 0.25) is 0 Å². The van der Waals surface area contributed by atoms with Crippen LogP contribution >= 0.6 is 0 Å². The summed E-state index contributed by atoms with van der Waals surface area (Å²) < 4.78 is 39.4. The van der Waals surface area contributed by atoms with Crippen molar-refractivity contribution in [1.29, 1.82) is 0 Å². The summed E-state index contributed by atoms with van der Waals surface area (Å²) in [6, 6.07) is 2.16. The van der Waals surface area contributed by atoms with Crippen molar-refractivity contribution in [2.75, 3.05) is 13.1 Å². The van der Waals surface area contributed by atoms with Gasteiger partial charge in [-0.15, -0.1) is 0 Å². The van der Waals surface area contributed by atoms with Gasteiger partial charge in [0.05, 0.1) is 0 Å². The van der Waals surface area contributed by atoms with Gasteiger partial charge >= 0.3 is 0 Å². The first-order valence-corrected chi connectivity index (χ1v) is 5.92. The number of halogens is 3. The van der Waals surface area contributed by atoms with E-state index in [0.717, 1.165) is 18.9 Å². The minimum Gasteiger partial charge on any atom is -0.316 e. The molecule has 0 aliphatic carbocycles. The largest absolute Gasteiger partial charge is 0.316 e. The van der Waals surface area contributed by atoms with Crippen molar-refractivity contribution in [3.05, 3.63) is 35.1 Å². The number of nitrogens with one attached hydrogen (secondary N) is 1. The molecule has 1 aromatic carbocycles. The smallest absolute Gasteiger partial charge is 0.194 e. The van der Waals surface area contributed by atoms with E-state index in [1.165, 1.54) is 6.07 Å². The zero-order chi connectivity index (χ0) is 13.1. The van der Waals surface area contributed by atoms with Crippen LogP contribution in [0.4, 0.5) is 13.2 Å². The Bertz CT molecular complexity index is 450. The molecule has 0 aromatic heterocycles. The maximum atomic E-state index is 13.5. The lowest BCUT2D eigenvalue weighted by Crippen LogP contribution is -2.38. The van der Waals surface area contributed by atoms with Crippen molar-refractivity contribution in [3.63, 3.8) is 0 Å². The van der Waals surface area contributed by atoms with Crippen LogP contribution < -0.4 is 5.32 Å². The fourth-order valence-corrected chi connectivity index (χ4v) is 2.35. The standard InChI is InChI=1S/C13H14F3NO/c14-11-2-1-8(12(15)13(11)16)5-10-6-17-4-3-9(10)7-18/h1-2,7,9-10,17H,3-6H2. The summed E-state index contributed by atoms with van der Waals surface area (Å²) in [5.74, 6) is -4.01. The number of rotatable bonds is 3. The topological polar surface area (TPSA) is 29.1 Å². The number of piperidine rings is 1. The van der Waals surface area contributed by atoms with Crippen LogP contribution in [0.1, 0.15) is 12.0 Å². The molecule has 1 fully saturated rings. The maximum Gasteiger partial charge on any atom is 0.194 e. The molecule has 0 spiro atoms. The Kier molecular flexibility index (Phi) is 4.01. The number of carbonyl (C=O) groups excluding carboxylic acids is 1. The average molecular weight is 257 g/mol. The average Bonchev–Trinajstić information content (AvgIpc) is 2.40. The van der Waals surface area contributed by atoms with Crippen molar-refractivity contribution in [1.82, 2.24) is 5.32 Å². The molecule has 2 atom stereocenters. The molecule has 1 N–H and O–H groups in total. The van der Waals surface area contributed by atoms with Crippen LogP contribution in [0.15, 0.2) is 12.1 Å². The van der Waals surface area contributed by atoms with Crippen molar-refractivity contribution >= 4 is 6.29 Å². The van der Waals surface area contributed by atoms with Crippen LogP contribution in [0.25, 0.3) is 0 Å². The number of hydrogen-bond donors (Lipinski definition) is 1. The van der Waals surface area contributed by atoms with Crippen LogP contribution in [-0.2, 0) is 11.2 Å².